The van der Waals surface area contributed by atoms with E-state index in [2.05, 4.69) is 12.2 Å². The van der Waals surface area contributed by atoms with Crippen LogP contribution in [0.15, 0.2) is 24.3 Å². The van der Waals surface area contributed by atoms with Gasteiger partial charge in [-0.3, -0.25) is 9.59 Å². The van der Waals surface area contributed by atoms with Crippen molar-refractivity contribution in [3.63, 3.8) is 0 Å². The number of amides is 2. The number of carbonyl (C=O) groups excluding carboxylic acids is 2. The topological polar surface area (TPSA) is 72.2 Å². The zero-order valence-corrected chi connectivity index (χ0v) is 17.9. The molecule has 4 nitrogen and oxygen atoms in total. The summed E-state index contributed by atoms with van der Waals surface area (Å²) in [5.74, 6) is -0.178. The zero-order chi connectivity index (χ0) is 20.3. The maximum atomic E-state index is 12.4. The first kappa shape index (κ1) is 20.9. The van der Waals surface area contributed by atoms with Gasteiger partial charge < -0.3 is 11.1 Å². The lowest BCUT2D eigenvalue weighted by Gasteiger charge is -2.21. The minimum Gasteiger partial charge on any atom is -0.365 e. The minimum absolute atomic E-state index is 0.322. The number of hydrogen-bond donors (Lipinski definition) is 2. The molecule has 3 N–H and O–H groups in total. The minimum atomic E-state index is -0.491. The van der Waals surface area contributed by atoms with E-state index in [4.69, 9.17) is 28.9 Å². The second kappa shape index (κ2) is 9.12. The van der Waals surface area contributed by atoms with Gasteiger partial charge in [0, 0.05) is 11.0 Å². The Labute approximate surface area is 178 Å². The van der Waals surface area contributed by atoms with Crippen LogP contribution in [0.2, 0.25) is 10.0 Å². The van der Waals surface area contributed by atoms with E-state index in [1.807, 2.05) is 0 Å². The van der Waals surface area contributed by atoms with E-state index < -0.39 is 5.91 Å². The summed E-state index contributed by atoms with van der Waals surface area (Å²) in [6.45, 7) is 2.19. The fourth-order valence-corrected chi connectivity index (χ4v) is 5.28. The molecule has 28 heavy (non-hydrogen) atoms. The summed E-state index contributed by atoms with van der Waals surface area (Å²) in [6, 6.07) is 5.12. The molecule has 1 heterocycles. The van der Waals surface area contributed by atoms with E-state index >= 15 is 0 Å². The lowest BCUT2D eigenvalue weighted by Crippen LogP contribution is -2.19. The Morgan fingerprint density at radius 1 is 1.32 bits per heavy atom. The van der Waals surface area contributed by atoms with Crippen LogP contribution in [-0.4, -0.2) is 11.8 Å². The van der Waals surface area contributed by atoms with Gasteiger partial charge >= 0.3 is 0 Å². The highest BCUT2D eigenvalue weighted by Crippen LogP contribution is 2.40. The molecule has 2 amide bonds. The second-order valence-corrected chi connectivity index (χ2v) is 8.89. The highest BCUT2D eigenvalue weighted by molar-refractivity contribution is 7.17. The maximum Gasteiger partial charge on any atom is 0.251 e. The number of halogens is 2. The first-order chi connectivity index (χ1) is 13.4. The summed E-state index contributed by atoms with van der Waals surface area (Å²) in [5, 5.41) is 4.25. The highest BCUT2D eigenvalue weighted by Gasteiger charge is 2.28. The van der Waals surface area contributed by atoms with Crippen LogP contribution in [0, 0.1) is 5.92 Å². The fraction of sp³-hybridized carbons (Fsp3) is 0.333. The van der Waals surface area contributed by atoms with E-state index in [1.165, 1.54) is 28.7 Å². The summed E-state index contributed by atoms with van der Waals surface area (Å²) >= 11 is 13.4. The molecule has 7 heteroatoms. The smallest absolute Gasteiger partial charge is 0.251 e. The highest BCUT2D eigenvalue weighted by atomic mass is 35.5. The summed E-state index contributed by atoms with van der Waals surface area (Å²) in [4.78, 5) is 25.6. The molecule has 1 unspecified atom stereocenters. The third-order valence-corrected chi connectivity index (χ3v) is 6.83. The number of primary amides is 1. The number of benzene rings is 1. The molecule has 1 aromatic heterocycles. The Balaban J connectivity index is 1.78. The predicted octanol–water partition coefficient (Wildman–Crippen LogP) is 5.71. The molecule has 0 aliphatic heterocycles. The van der Waals surface area contributed by atoms with Gasteiger partial charge in [-0.05, 0) is 54.5 Å². The number of nitrogens with two attached hydrogens (primary N) is 1. The molecular formula is C21H22Cl2N2O2S. The molecular weight excluding hydrogens is 415 g/mol. The number of fused-ring (bicyclic) bond motifs is 1. The second-order valence-electron chi connectivity index (χ2n) is 6.97. The third-order valence-electron chi connectivity index (χ3n) is 4.92. The molecule has 0 saturated heterocycles. The SMILES string of the molecule is CCCC1CCc2c(sc(NC(=O)/C=C/c3ccc(Cl)c(Cl)c3)c2C(N)=O)C1. The van der Waals surface area contributed by atoms with Crippen molar-refractivity contribution >= 4 is 57.4 Å². The van der Waals surface area contributed by atoms with Crippen LogP contribution >= 0.6 is 34.5 Å². The molecule has 1 atom stereocenters. The first-order valence-corrected chi connectivity index (χ1v) is 10.8. The monoisotopic (exact) mass is 436 g/mol. The average molecular weight is 437 g/mol. The molecule has 1 aromatic carbocycles. The lowest BCUT2D eigenvalue weighted by molar-refractivity contribution is -0.111. The van der Waals surface area contributed by atoms with E-state index in [1.54, 1.807) is 24.3 Å². The summed E-state index contributed by atoms with van der Waals surface area (Å²) in [6.07, 6.45) is 8.22. The van der Waals surface area contributed by atoms with Gasteiger partial charge in [-0.25, -0.2) is 0 Å². The molecule has 0 bridgehead atoms. The molecule has 2 aromatic rings. The molecule has 1 aliphatic carbocycles. The van der Waals surface area contributed by atoms with E-state index in [-0.39, 0.29) is 5.91 Å². The lowest BCUT2D eigenvalue weighted by atomic mass is 9.84. The van der Waals surface area contributed by atoms with Crippen LogP contribution in [-0.2, 0) is 17.6 Å². The largest absolute Gasteiger partial charge is 0.365 e. The number of rotatable bonds is 6. The van der Waals surface area contributed by atoms with Gasteiger partial charge in [-0.2, -0.15) is 0 Å². The van der Waals surface area contributed by atoms with Crippen LogP contribution < -0.4 is 11.1 Å². The molecule has 1 aliphatic rings. The van der Waals surface area contributed by atoms with E-state index in [0.717, 1.165) is 36.8 Å². The fourth-order valence-electron chi connectivity index (χ4n) is 3.60. The van der Waals surface area contributed by atoms with Gasteiger partial charge in [-0.15, -0.1) is 11.3 Å². The van der Waals surface area contributed by atoms with E-state index in [9.17, 15) is 9.59 Å². The van der Waals surface area contributed by atoms with Crippen LogP contribution in [0.5, 0.6) is 0 Å². The predicted molar refractivity (Wildman–Crippen MR) is 117 cm³/mol. The van der Waals surface area contributed by atoms with Crippen molar-refractivity contribution in [2.75, 3.05) is 5.32 Å². The Hall–Kier alpha value is -1.82. The Morgan fingerprint density at radius 2 is 2.11 bits per heavy atom. The van der Waals surface area contributed by atoms with Gasteiger partial charge in [0.05, 0.1) is 15.6 Å². The molecule has 0 fully saturated rings. The van der Waals surface area contributed by atoms with Crippen molar-refractivity contribution in [2.45, 2.75) is 39.0 Å². The zero-order valence-electron chi connectivity index (χ0n) is 15.6. The van der Waals surface area contributed by atoms with E-state index in [0.29, 0.717) is 26.5 Å². The van der Waals surface area contributed by atoms with Gasteiger partial charge in [0.15, 0.2) is 0 Å². The quantitative estimate of drug-likeness (QED) is 0.568. The number of thiophene rings is 1. The van der Waals surface area contributed by atoms with Gasteiger partial charge in [-0.1, -0.05) is 49.0 Å². The van der Waals surface area contributed by atoms with Crippen molar-refractivity contribution in [2.24, 2.45) is 11.7 Å². The number of hydrogen-bond acceptors (Lipinski definition) is 3. The van der Waals surface area contributed by atoms with Gasteiger partial charge in [0.1, 0.15) is 5.00 Å². The number of carbonyl (C=O) groups is 2. The summed E-state index contributed by atoms with van der Waals surface area (Å²) in [5.41, 5.74) is 7.85. The molecule has 148 valence electrons. The summed E-state index contributed by atoms with van der Waals surface area (Å²) in [7, 11) is 0. The van der Waals surface area contributed by atoms with Crippen LogP contribution in [0.4, 0.5) is 5.00 Å². The number of nitrogens with one attached hydrogen (secondary N) is 1. The molecule has 3 rings (SSSR count). The van der Waals surface area contributed by atoms with Crippen molar-refractivity contribution in [3.8, 4) is 0 Å². The van der Waals surface area contributed by atoms with Crippen molar-refractivity contribution in [1.82, 2.24) is 0 Å². The normalized spacial score (nSPS) is 16.2. The molecule has 0 spiro atoms. The maximum absolute atomic E-state index is 12.4. The first-order valence-electron chi connectivity index (χ1n) is 9.27. The Kier molecular flexibility index (Phi) is 6.81. The van der Waals surface area contributed by atoms with Gasteiger partial charge in [0.25, 0.3) is 5.91 Å². The summed E-state index contributed by atoms with van der Waals surface area (Å²) < 4.78 is 0. The van der Waals surface area contributed by atoms with Crippen molar-refractivity contribution in [1.29, 1.82) is 0 Å². The van der Waals surface area contributed by atoms with Crippen LogP contribution in [0.3, 0.4) is 0 Å². The average Bonchev–Trinajstić information content (AvgIpc) is 3.00. The molecule has 0 saturated carbocycles. The standard InChI is InChI=1S/C21H22Cl2N2O2S/c1-2-3-12-4-7-14-17(11-12)28-21(19(14)20(24)27)25-18(26)9-6-13-5-8-15(22)16(23)10-13/h5-6,8-10,12H,2-4,7,11H2,1H3,(H2,24,27)(H,25,26)/b9-6+. The van der Waals surface area contributed by atoms with Crippen LogP contribution in [0.25, 0.3) is 6.08 Å². The van der Waals surface area contributed by atoms with Crippen LogP contribution in [0.1, 0.15) is 52.5 Å². The van der Waals surface area contributed by atoms with Gasteiger partial charge in [0.2, 0.25) is 5.91 Å². The Morgan fingerprint density at radius 3 is 2.79 bits per heavy atom. The van der Waals surface area contributed by atoms with Crippen molar-refractivity contribution < 1.29 is 9.59 Å². The third kappa shape index (κ3) is 4.77. The number of anilines is 1. The van der Waals surface area contributed by atoms with Crippen molar-refractivity contribution in [3.05, 3.63) is 55.9 Å². The molecule has 0 radical (unpaired) electrons. The Bertz CT molecular complexity index is 937.